The molecule has 0 saturated heterocycles. The van der Waals surface area contributed by atoms with E-state index in [1.54, 1.807) is 11.3 Å². The summed E-state index contributed by atoms with van der Waals surface area (Å²) in [5.74, 6) is 1.45. The molecular formula is C20H32N2O2S. The average molecular weight is 365 g/mol. The number of fused-ring (bicyclic) bond motifs is 1. The Bertz CT molecular complexity index is 624. The largest absolute Gasteiger partial charge is 0.338 e. The van der Waals surface area contributed by atoms with Crippen LogP contribution in [-0.2, 0) is 17.6 Å². The van der Waals surface area contributed by atoms with E-state index in [1.807, 2.05) is 4.90 Å². The van der Waals surface area contributed by atoms with Gasteiger partial charge < -0.3 is 10.2 Å². The fourth-order valence-electron chi connectivity index (χ4n) is 3.50. The molecule has 0 aliphatic heterocycles. The van der Waals surface area contributed by atoms with E-state index in [1.165, 1.54) is 17.4 Å². The van der Waals surface area contributed by atoms with Crippen LogP contribution >= 0.6 is 11.3 Å². The zero-order valence-corrected chi connectivity index (χ0v) is 17.3. The molecule has 1 aromatic rings. The van der Waals surface area contributed by atoms with Crippen LogP contribution < -0.4 is 5.32 Å². The smallest absolute Gasteiger partial charge is 0.257 e. The predicted molar refractivity (Wildman–Crippen MR) is 105 cm³/mol. The molecule has 2 rings (SSSR count). The zero-order chi connectivity index (χ0) is 18.7. The fourth-order valence-corrected chi connectivity index (χ4v) is 4.95. The first-order valence-electron chi connectivity index (χ1n) is 9.40. The summed E-state index contributed by atoms with van der Waals surface area (Å²) in [6, 6.07) is 0. The molecule has 1 aromatic heterocycles. The summed E-state index contributed by atoms with van der Waals surface area (Å²) < 4.78 is 0. The zero-order valence-electron chi connectivity index (χ0n) is 16.4. The molecule has 2 amide bonds. The maximum Gasteiger partial charge on any atom is 0.257 e. The number of hydrogen-bond donors (Lipinski definition) is 1. The summed E-state index contributed by atoms with van der Waals surface area (Å²) in [5.41, 5.74) is 1.93. The summed E-state index contributed by atoms with van der Waals surface area (Å²) in [5, 5.41) is 3.66. The van der Waals surface area contributed by atoms with Crippen LogP contribution in [0.1, 0.15) is 68.8 Å². The van der Waals surface area contributed by atoms with Crippen LogP contribution in [-0.4, -0.2) is 29.8 Å². The number of nitrogens with zero attached hydrogens (tertiary/aromatic N) is 1. The third kappa shape index (κ3) is 5.06. The van der Waals surface area contributed by atoms with Crippen LogP contribution in [0, 0.1) is 17.8 Å². The van der Waals surface area contributed by atoms with Gasteiger partial charge in [0.1, 0.15) is 5.00 Å². The van der Waals surface area contributed by atoms with Crippen molar-refractivity contribution in [2.24, 2.45) is 17.8 Å². The minimum atomic E-state index is -0.111. The third-order valence-corrected chi connectivity index (χ3v) is 5.64. The van der Waals surface area contributed by atoms with E-state index >= 15 is 0 Å². The second kappa shape index (κ2) is 8.35. The number of nitrogens with one attached hydrogen (secondary N) is 1. The van der Waals surface area contributed by atoms with Gasteiger partial charge in [-0.2, -0.15) is 0 Å². The molecule has 0 spiro atoms. The van der Waals surface area contributed by atoms with Crippen LogP contribution in [0.25, 0.3) is 0 Å². The van der Waals surface area contributed by atoms with E-state index in [0.29, 0.717) is 17.8 Å². The van der Waals surface area contributed by atoms with Crippen molar-refractivity contribution in [2.75, 3.05) is 18.4 Å². The average Bonchev–Trinajstić information content (AvgIpc) is 2.80. The van der Waals surface area contributed by atoms with Crippen molar-refractivity contribution in [3.8, 4) is 0 Å². The van der Waals surface area contributed by atoms with Crippen LogP contribution in [0.2, 0.25) is 0 Å². The molecule has 0 bridgehead atoms. The van der Waals surface area contributed by atoms with Gasteiger partial charge in [-0.25, -0.2) is 0 Å². The molecule has 5 heteroatoms. The van der Waals surface area contributed by atoms with E-state index in [0.717, 1.165) is 42.9 Å². The number of rotatable bonds is 6. The molecule has 0 unspecified atom stereocenters. The van der Waals surface area contributed by atoms with Crippen LogP contribution in [0.15, 0.2) is 0 Å². The third-order valence-electron chi connectivity index (χ3n) is 4.47. The van der Waals surface area contributed by atoms with Crippen molar-refractivity contribution < 1.29 is 9.59 Å². The van der Waals surface area contributed by atoms with Crippen LogP contribution in [0.5, 0.6) is 0 Å². The monoisotopic (exact) mass is 364 g/mol. The highest BCUT2D eigenvalue weighted by Crippen LogP contribution is 2.40. The highest BCUT2D eigenvalue weighted by molar-refractivity contribution is 7.17. The molecule has 25 heavy (non-hydrogen) atoms. The molecule has 1 aliphatic carbocycles. The number of carbonyl (C=O) groups is 2. The van der Waals surface area contributed by atoms with E-state index in [9.17, 15) is 9.59 Å². The molecule has 1 N–H and O–H groups in total. The Hall–Kier alpha value is -1.36. The first-order valence-corrected chi connectivity index (χ1v) is 10.2. The molecule has 0 saturated carbocycles. The molecule has 1 heterocycles. The van der Waals surface area contributed by atoms with Crippen molar-refractivity contribution in [1.82, 2.24) is 4.90 Å². The highest BCUT2D eigenvalue weighted by Gasteiger charge is 2.30. The van der Waals surface area contributed by atoms with Crippen LogP contribution in [0.4, 0.5) is 5.00 Å². The summed E-state index contributed by atoms with van der Waals surface area (Å²) in [6.45, 7) is 13.8. The predicted octanol–water partition coefficient (Wildman–Crippen LogP) is 4.59. The van der Waals surface area contributed by atoms with Gasteiger partial charge in [0.05, 0.1) is 5.56 Å². The Labute approximate surface area is 156 Å². The minimum Gasteiger partial charge on any atom is -0.338 e. The summed E-state index contributed by atoms with van der Waals surface area (Å²) in [4.78, 5) is 28.3. The van der Waals surface area contributed by atoms with Crippen molar-refractivity contribution in [2.45, 2.75) is 60.8 Å². The topological polar surface area (TPSA) is 49.4 Å². The molecular weight excluding hydrogens is 332 g/mol. The first-order chi connectivity index (χ1) is 11.7. The van der Waals surface area contributed by atoms with Crippen molar-refractivity contribution in [3.05, 3.63) is 16.0 Å². The number of thiophene rings is 1. The lowest BCUT2D eigenvalue weighted by molar-refractivity contribution is -0.114. The van der Waals surface area contributed by atoms with Gasteiger partial charge in [-0.1, -0.05) is 34.6 Å². The Morgan fingerprint density at radius 1 is 1.20 bits per heavy atom. The maximum atomic E-state index is 13.4. The molecule has 0 radical (unpaired) electrons. The van der Waals surface area contributed by atoms with Gasteiger partial charge in [0.15, 0.2) is 0 Å². The lowest BCUT2D eigenvalue weighted by atomic mass is 9.88. The van der Waals surface area contributed by atoms with E-state index in [-0.39, 0.29) is 11.8 Å². The molecule has 1 atom stereocenters. The molecule has 140 valence electrons. The Kier molecular flexibility index (Phi) is 6.66. The molecule has 0 fully saturated rings. The second-order valence-electron chi connectivity index (χ2n) is 8.23. The Balaban J connectivity index is 2.42. The normalized spacial score (nSPS) is 16.9. The summed E-state index contributed by atoms with van der Waals surface area (Å²) in [7, 11) is 0. The van der Waals surface area contributed by atoms with Gasteiger partial charge in [-0.15, -0.1) is 11.3 Å². The number of amides is 2. The van der Waals surface area contributed by atoms with Crippen molar-refractivity contribution in [1.29, 1.82) is 0 Å². The lowest BCUT2D eigenvalue weighted by Gasteiger charge is -2.28. The van der Waals surface area contributed by atoms with Crippen LogP contribution in [0.3, 0.4) is 0 Å². The van der Waals surface area contributed by atoms with Gasteiger partial charge in [0.25, 0.3) is 5.91 Å². The summed E-state index contributed by atoms with van der Waals surface area (Å²) >= 11 is 1.60. The van der Waals surface area contributed by atoms with Crippen molar-refractivity contribution in [3.63, 3.8) is 0 Å². The number of hydrogen-bond acceptors (Lipinski definition) is 3. The van der Waals surface area contributed by atoms with Gasteiger partial charge in [0, 0.05) is 24.9 Å². The number of anilines is 1. The Morgan fingerprint density at radius 3 is 2.32 bits per heavy atom. The number of carbonyl (C=O) groups excluding carboxylic acids is 2. The Morgan fingerprint density at radius 2 is 1.80 bits per heavy atom. The highest BCUT2D eigenvalue weighted by atomic mass is 32.1. The minimum absolute atomic E-state index is 0.0817. The molecule has 0 aromatic carbocycles. The van der Waals surface area contributed by atoms with E-state index in [4.69, 9.17) is 0 Å². The lowest BCUT2D eigenvalue weighted by Crippen LogP contribution is -2.37. The summed E-state index contributed by atoms with van der Waals surface area (Å²) in [6.07, 6.45) is 3.05. The fraction of sp³-hybridized carbons (Fsp3) is 0.700. The second-order valence-corrected chi connectivity index (χ2v) is 9.34. The van der Waals surface area contributed by atoms with E-state index < -0.39 is 0 Å². The van der Waals surface area contributed by atoms with E-state index in [2.05, 4.69) is 39.9 Å². The molecule has 1 aliphatic rings. The standard InChI is InChI=1S/C20H32N2O2S/c1-12(2)10-22(11-13(3)4)20(24)18-16-8-7-14(5)9-17(16)25-19(18)21-15(6)23/h12-14H,7-11H2,1-6H3,(H,21,23)/t14-/m0/s1. The SMILES string of the molecule is CC(=O)Nc1sc2c(c1C(=O)N(CC(C)C)CC(C)C)CC[C@H](C)C2. The van der Waals surface area contributed by atoms with Crippen molar-refractivity contribution >= 4 is 28.2 Å². The van der Waals surface area contributed by atoms with Gasteiger partial charge >= 0.3 is 0 Å². The van der Waals surface area contributed by atoms with Gasteiger partial charge in [-0.3, -0.25) is 9.59 Å². The quantitative estimate of drug-likeness (QED) is 0.803. The van der Waals surface area contributed by atoms with Gasteiger partial charge in [0.2, 0.25) is 5.91 Å². The maximum absolute atomic E-state index is 13.4. The first kappa shape index (κ1) is 20.0. The molecule has 4 nitrogen and oxygen atoms in total. The van der Waals surface area contributed by atoms with Gasteiger partial charge in [-0.05, 0) is 42.6 Å².